The molecule has 1 aliphatic rings. The first-order valence-electron chi connectivity index (χ1n) is 2.41. The van der Waals surface area contributed by atoms with Gasteiger partial charge in [-0.1, -0.05) is 0 Å². The normalized spacial score (nSPS) is 27.2. The minimum Gasteiger partial charge on any atom is -0.481 e. The Kier molecular flexibility index (Phi) is 1.50. The molecule has 44 valence electrons. The van der Waals surface area contributed by atoms with Gasteiger partial charge in [0.15, 0.2) is 7.28 Å². The van der Waals surface area contributed by atoms with Crippen LogP contribution in [0.15, 0.2) is 0 Å². The number of nitrogens with one attached hydrogen (secondary N) is 1. The molecule has 0 aliphatic carbocycles. The third-order valence-electron chi connectivity index (χ3n) is 1.03. The zero-order chi connectivity index (χ0) is 5.98. The highest BCUT2D eigenvalue weighted by atomic mass is 16.7. The van der Waals surface area contributed by atoms with Crippen LogP contribution in [0.3, 0.4) is 0 Å². The van der Waals surface area contributed by atoms with Crippen molar-refractivity contribution < 1.29 is 14.7 Å². The van der Waals surface area contributed by atoms with Gasteiger partial charge in [-0.05, 0) is 0 Å². The number of carbonyl (C=O) groups is 1. The average Bonchev–Trinajstić information content (AvgIpc) is 2.12. The number of hydrogen-bond acceptors (Lipinski definition) is 3. The lowest BCUT2D eigenvalue weighted by atomic mass is 9.72. The number of carboxylic acid groups (broad SMARTS) is 1. The largest absolute Gasteiger partial charge is 0.481 e. The van der Waals surface area contributed by atoms with Crippen molar-refractivity contribution in [2.75, 3.05) is 6.51 Å². The highest BCUT2D eigenvalue weighted by Crippen LogP contribution is 1.88. The van der Waals surface area contributed by atoms with Crippen LogP contribution in [0.4, 0.5) is 0 Å². The first-order chi connectivity index (χ1) is 3.80. The summed E-state index contributed by atoms with van der Waals surface area (Å²) in [6, 6.07) is 0. The van der Waals surface area contributed by atoms with Crippen LogP contribution in [0.2, 0.25) is 0 Å². The van der Waals surface area contributed by atoms with Crippen LogP contribution in [0.25, 0.3) is 0 Å². The van der Waals surface area contributed by atoms with Gasteiger partial charge in [0.25, 0.3) is 0 Å². The third kappa shape index (κ3) is 0.990. The van der Waals surface area contributed by atoms with Gasteiger partial charge in [-0.15, -0.1) is 0 Å². The Morgan fingerprint density at radius 1 is 2.00 bits per heavy atom. The van der Waals surface area contributed by atoms with Gasteiger partial charge in [0.05, 0.1) is 0 Å². The molecule has 1 heterocycles. The molecule has 0 spiro atoms. The van der Waals surface area contributed by atoms with E-state index >= 15 is 0 Å². The first-order valence-corrected chi connectivity index (χ1v) is 2.41. The van der Waals surface area contributed by atoms with Crippen molar-refractivity contribution in [2.24, 2.45) is 0 Å². The fourth-order valence-corrected chi connectivity index (χ4v) is 0.569. The van der Waals surface area contributed by atoms with E-state index in [1.54, 1.807) is 0 Å². The monoisotopic (exact) mass is 115 g/mol. The summed E-state index contributed by atoms with van der Waals surface area (Å²) in [5.41, 5.74) is 2.36. The molecule has 0 amide bonds. The highest BCUT2D eigenvalue weighted by Gasteiger charge is 2.23. The van der Waals surface area contributed by atoms with Gasteiger partial charge in [0.2, 0.25) is 0 Å². The minimum absolute atomic E-state index is 0.491. The van der Waals surface area contributed by atoms with E-state index in [1.807, 2.05) is 0 Å². The van der Waals surface area contributed by atoms with Gasteiger partial charge < -0.3 is 9.94 Å². The molecular formula is C3H6BNO3. The molecule has 1 fully saturated rings. The molecule has 0 aromatic rings. The summed E-state index contributed by atoms with van der Waals surface area (Å²) in [6.45, 7) is 0.497. The SMILES string of the molecule is O=C(O)[C@@H]1BCON1. The molecular weight excluding hydrogens is 109 g/mol. The van der Waals surface area contributed by atoms with E-state index in [9.17, 15) is 4.79 Å². The molecule has 1 rings (SSSR count). The molecule has 1 atom stereocenters. The lowest BCUT2D eigenvalue weighted by Crippen LogP contribution is -2.33. The van der Waals surface area contributed by atoms with E-state index in [2.05, 4.69) is 10.3 Å². The maximum absolute atomic E-state index is 10.1. The number of hydrogen-bond donors (Lipinski definition) is 2. The molecule has 4 nitrogen and oxygen atoms in total. The van der Waals surface area contributed by atoms with E-state index < -0.39 is 11.9 Å². The second-order valence-corrected chi connectivity index (χ2v) is 1.65. The number of aliphatic carboxylic acids is 1. The van der Waals surface area contributed by atoms with E-state index in [-0.39, 0.29) is 0 Å². The summed E-state index contributed by atoms with van der Waals surface area (Å²) in [7, 11) is 0.565. The molecule has 0 aromatic carbocycles. The summed E-state index contributed by atoms with van der Waals surface area (Å²) in [5.74, 6) is -1.34. The second kappa shape index (κ2) is 2.15. The number of hydroxylamine groups is 1. The summed E-state index contributed by atoms with van der Waals surface area (Å²) in [5, 5.41) is 8.27. The van der Waals surface area contributed by atoms with Crippen LogP contribution < -0.4 is 5.48 Å². The molecule has 5 heteroatoms. The molecule has 0 aromatic heterocycles. The summed E-state index contributed by atoms with van der Waals surface area (Å²) in [6.07, 6.45) is 0. The Bertz CT molecular complexity index is 101. The molecule has 1 saturated heterocycles. The van der Waals surface area contributed by atoms with Crippen molar-refractivity contribution in [3.8, 4) is 0 Å². The Morgan fingerprint density at radius 3 is 3.00 bits per heavy atom. The highest BCUT2D eigenvalue weighted by molar-refractivity contribution is 6.44. The van der Waals surface area contributed by atoms with Crippen LogP contribution in [-0.2, 0) is 9.63 Å². The predicted molar refractivity (Wildman–Crippen MR) is 27.7 cm³/mol. The van der Waals surface area contributed by atoms with Gasteiger partial charge in [-0.2, -0.15) is 5.48 Å². The second-order valence-electron chi connectivity index (χ2n) is 1.65. The summed E-state index contributed by atoms with van der Waals surface area (Å²) in [4.78, 5) is 14.6. The molecule has 8 heavy (non-hydrogen) atoms. The zero-order valence-electron chi connectivity index (χ0n) is 4.26. The van der Waals surface area contributed by atoms with E-state index in [1.165, 1.54) is 0 Å². The van der Waals surface area contributed by atoms with Gasteiger partial charge in [0, 0.05) is 6.51 Å². The molecule has 0 saturated carbocycles. The molecule has 0 bridgehead atoms. The Hall–Kier alpha value is -0.545. The van der Waals surface area contributed by atoms with E-state index in [0.717, 1.165) is 0 Å². The fourth-order valence-electron chi connectivity index (χ4n) is 0.569. The van der Waals surface area contributed by atoms with Crippen molar-refractivity contribution in [3.05, 3.63) is 0 Å². The maximum Gasteiger partial charge on any atom is 0.314 e. The van der Waals surface area contributed by atoms with Crippen molar-refractivity contribution in [1.29, 1.82) is 0 Å². The lowest BCUT2D eigenvalue weighted by molar-refractivity contribution is -0.139. The molecule has 0 unspecified atom stereocenters. The quantitative estimate of drug-likeness (QED) is 0.401. The number of carboxylic acids is 1. The van der Waals surface area contributed by atoms with Crippen molar-refractivity contribution >= 4 is 13.2 Å². The van der Waals surface area contributed by atoms with Crippen molar-refractivity contribution in [2.45, 2.75) is 5.94 Å². The predicted octanol–water partition coefficient (Wildman–Crippen LogP) is -1.67. The Balaban J connectivity index is 2.35. The standard InChI is InChI=1S/C3H6BNO3/c6-3(7)2-4-1-8-5-2/h2,4-5H,1H2,(H,6,7)/t2-/m1/s1. The Morgan fingerprint density at radius 2 is 2.75 bits per heavy atom. The lowest BCUT2D eigenvalue weighted by Gasteiger charge is -1.97. The maximum atomic E-state index is 10.1. The average molecular weight is 115 g/mol. The van der Waals surface area contributed by atoms with E-state index in [4.69, 9.17) is 5.11 Å². The smallest absolute Gasteiger partial charge is 0.314 e. The Labute approximate surface area is 47.0 Å². The molecule has 1 aliphatic heterocycles. The first kappa shape index (κ1) is 5.59. The van der Waals surface area contributed by atoms with Crippen LogP contribution in [0, 0.1) is 0 Å². The van der Waals surface area contributed by atoms with Crippen molar-refractivity contribution in [1.82, 2.24) is 5.48 Å². The van der Waals surface area contributed by atoms with Crippen molar-refractivity contribution in [3.63, 3.8) is 0 Å². The van der Waals surface area contributed by atoms with Gasteiger partial charge >= 0.3 is 5.97 Å². The zero-order valence-corrected chi connectivity index (χ0v) is 4.26. The number of rotatable bonds is 1. The van der Waals surface area contributed by atoms with Crippen LogP contribution in [0.5, 0.6) is 0 Å². The minimum atomic E-state index is -0.845. The van der Waals surface area contributed by atoms with Crippen LogP contribution in [-0.4, -0.2) is 30.8 Å². The summed E-state index contributed by atoms with van der Waals surface area (Å²) >= 11 is 0. The fraction of sp³-hybridized carbons (Fsp3) is 0.667. The topological polar surface area (TPSA) is 58.6 Å². The van der Waals surface area contributed by atoms with Gasteiger partial charge in [-0.25, -0.2) is 0 Å². The van der Waals surface area contributed by atoms with Gasteiger partial charge in [-0.3, -0.25) is 4.79 Å². The van der Waals surface area contributed by atoms with Crippen LogP contribution in [0.1, 0.15) is 0 Å². The van der Waals surface area contributed by atoms with Crippen LogP contribution >= 0.6 is 0 Å². The van der Waals surface area contributed by atoms with Gasteiger partial charge in [0.1, 0.15) is 5.94 Å². The summed E-state index contributed by atoms with van der Waals surface area (Å²) < 4.78 is 0. The van der Waals surface area contributed by atoms with E-state index in [0.29, 0.717) is 13.8 Å². The molecule has 0 radical (unpaired) electrons. The molecule has 2 N–H and O–H groups in total. The third-order valence-corrected chi connectivity index (χ3v) is 1.03.